The Morgan fingerprint density at radius 2 is 1.58 bits per heavy atom. The third kappa shape index (κ3) is 3.73. The zero-order chi connectivity index (χ0) is 16.8. The summed E-state index contributed by atoms with van der Waals surface area (Å²) in [6.45, 7) is 0. The number of rotatable bonds is 4. The maximum absolute atomic E-state index is 12.2. The maximum Gasteiger partial charge on any atom is 0.271 e. The van der Waals surface area contributed by atoms with Crippen molar-refractivity contribution < 1.29 is 4.79 Å². The Hall–Kier alpha value is -3.28. The monoisotopic (exact) mass is 312 g/mol. The molecule has 5 nitrogen and oxygen atoms in total. The topological polar surface area (TPSA) is 67.2 Å². The largest absolute Gasteiger partial charge is 0.271 e. The fourth-order valence-electron chi connectivity index (χ4n) is 2.10. The van der Waals surface area contributed by atoms with Crippen LogP contribution in [0.2, 0.25) is 0 Å². The molecule has 0 atom stereocenters. The number of benzene rings is 1. The van der Waals surface area contributed by atoms with E-state index in [0.29, 0.717) is 28.1 Å². The summed E-state index contributed by atoms with van der Waals surface area (Å²) in [6, 6.07) is 17.6. The van der Waals surface area contributed by atoms with Crippen LogP contribution in [0, 0.1) is 0 Å². The molecule has 1 aromatic carbocycles. The molecule has 0 aliphatic carbocycles. The smallest absolute Gasteiger partial charge is 0.267 e. The average molecular weight is 312 g/mol. The summed E-state index contributed by atoms with van der Waals surface area (Å²) >= 11 is 0. The predicted octanol–water partition coefficient (Wildman–Crippen LogP) is 1.45. The first-order valence-electron chi connectivity index (χ1n) is 7.30. The van der Waals surface area contributed by atoms with Gasteiger partial charge in [0.2, 0.25) is 0 Å². The number of aromatic nitrogens is 2. The van der Waals surface area contributed by atoms with Gasteiger partial charge < -0.3 is 0 Å². The number of amides is 1. The highest BCUT2D eigenvalue weighted by Crippen LogP contribution is 2.06. The molecule has 3 rings (SSSR count). The number of hydrogen-bond donors (Lipinski definition) is 1. The number of carbonyl (C=O) groups is 1. The molecule has 0 spiro atoms. The van der Waals surface area contributed by atoms with Crippen molar-refractivity contribution >= 4 is 24.9 Å². The zero-order valence-corrected chi connectivity index (χ0v) is 12.8. The Balaban J connectivity index is 1.91. The second-order valence-corrected chi connectivity index (χ2v) is 4.96. The average Bonchev–Trinajstić information content (AvgIpc) is 2.63. The van der Waals surface area contributed by atoms with Gasteiger partial charge in [-0.15, -0.1) is 0 Å². The predicted molar refractivity (Wildman–Crippen MR) is 93.4 cm³/mol. The van der Waals surface area contributed by atoms with Crippen molar-refractivity contribution in [3.8, 4) is 0 Å². The van der Waals surface area contributed by atoms with E-state index in [-0.39, 0.29) is 5.91 Å². The molecule has 1 N–H and O–H groups in total. The fourth-order valence-corrected chi connectivity index (χ4v) is 2.10. The van der Waals surface area contributed by atoms with E-state index in [2.05, 4.69) is 20.5 Å². The molecule has 0 aliphatic rings. The number of hydrogen-bond acceptors (Lipinski definition) is 4. The van der Waals surface area contributed by atoms with Crippen molar-refractivity contribution in [2.75, 3.05) is 0 Å². The fraction of sp³-hybridized carbons (Fsp3) is 0. The molecule has 0 fully saturated rings. The van der Waals surface area contributed by atoms with Crippen molar-refractivity contribution in [3.05, 3.63) is 90.0 Å². The van der Waals surface area contributed by atoms with Gasteiger partial charge in [-0.25, -0.2) is 5.43 Å². The third-order valence-electron chi connectivity index (χ3n) is 3.23. The second kappa shape index (κ2) is 7.33. The molecule has 6 heteroatoms. The Labute approximate surface area is 140 Å². The molecule has 1 amide bonds. The second-order valence-electron chi connectivity index (χ2n) is 4.96. The number of pyridine rings is 2. The van der Waals surface area contributed by atoms with Crippen molar-refractivity contribution in [1.82, 2.24) is 15.4 Å². The lowest BCUT2D eigenvalue weighted by molar-refractivity contribution is 0.0955. The minimum absolute atomic E-state index is 0.355. The van der Waals surface area contributed by atoms with Crippen molar-refractivity contribution in [2.45, 2.75) is 0 Å². The molecule has 0 aliphatic heterocycles. The van der Waals surface area contributed by atoms with E-state index in [1.807, 2.05) is 24.3 Å². The standard InChI is InChI=1S/C18H13BN4O/c19-14-7-5-6-13(12-14)18(24)23-22-17(15-8-1-3-10-20-15)16-9-2-4-11-21-16/h1-12H,(H,23,24). The van der Waals surface area contributed by atoms with Crippen molar-refractivity contribution in [3.63, 3.8) is 0 Å². The Bertz CT molecular complexity index is 825. The van der Waals surface area contributed by atoms with Crippen molar-refractivity contribution in [2.24, 2.45) is 5.10 Å². The molecule has 0 bridgehead atoms. The summed E-state index contributed by atoms with van der Waals surface area (Å²) in [6.07, 6.45) is 3.32. The minimum Gasteiger partial charge on any atom is -0.267 e. The van der Waals surface area contributed by atoms with Crippen LogP contribution in [0.15, 0.2) is 78.2 Å². The number of carbonyl (C=O) groups excluding carboxylic acids is 1. The molecule has 114 valence electrons. The van der Waals surface area contributed by atoms with E-state index in [4.69, 9.17) is 7.85 Å². The third-order valence-corrected chi connectivity index (χ3v) is 3.23. The van der Waals surface area contributed by atoms with E-state index >= 15 is 0 Å². The lowest BCUT2D eigenvalue weighted by atomic mass is 9.94. The zero-order valence-electron chi connectivity index (χ0n) is 12.8. The summed E-state index contributed by atoms with van der Waals surface area (Å²) < 4.78 is 0. The van der Waals surface area contributed by atoms with E-state index in [1.165, 1.54) is 0 Å². The van der Waals surface area contributed by atoms with Crippen LogP contribution in [0.1, 0.15) is 21.7 Å². The normalized spacial score (nSPS) is 10.0. The summed E-state index contributed by atoms with van der Waals surface area (Å²) in [4.78, 5) is 20.8. The van der Waals surface area contributed by atoms with E-state index in [9.17, 15) is 4.79 Å². The summed E-state index contributed by atoms with van der Waals surface area (Å²) in [5.41, 5.74) is 5.19. The first kappa shape index (κ1) is 15.6. The molecule has 0 saturated carbocycles. The number of hydrazone groups is 1. The van der Waals surface area contributed by atoms with E-state index < -0.39 is 0 Å². The summed E-state index contributed by atoms with van der Waals surface area (Å²) in [5.74, 6) is -0.355. The van der Waals surface area contributed by atoms with Gasteiger partial charge in [-0.05, 0) is 30.3 Å². The van der Waals surface area contributed by atoms with Crippen LogP contribution in [0.4, 0.5) is 0 Å². The van der Waals surface area contributed by atoms with Crippen LogP contribution in [-0.4, -0.2) is 29.4 Å². The van der Waals surface area contributed by atoms with Gasteiger partial charge in [-0.2, -0.15) is 5.10 Å². The van der Waals surface area contributed by atoms with Gasteiger partial charge >= 0.3 is 0 Å². The van der Waals surface area contributed by atoms with Crippen molar-refractivity contribution in [1.29, 1.82) is 0 Å². The highest BCUT2D eigenvalue weighted by Gasteiger charge is 2.11. The highest BCUT2D eigenvalue weighted by atomic mass is 16.2. The van der Waals surface area contributed by atoms with E-state index in [1.54, 1.807) is 48.8 Å². The molecule has 3 aromatic rings. The van der Waals surface area contributed by atoms with Gasteiger partial charge in [0.15, 0.2) is 0 Å². The summed E-state index contributed by atoms with van der Waals surface area (Å²) in [7, 11) is 5.70. The van der Waals surface area contributed by atoms with Crippen LogP contribution in [-0.2, 0) is 0 Å². The first-order valence-corrected chi connectivity index (χ1v) is 7.30. The van der Waals surface area contributed by atoms with Gasteiger partial charge in [0.25, 0.3) is 5.91 Å². The molecular formula is C18H13BN4O. The first-order chi connectivity index (χ1) is 11.7. The van der Waals surface area contributed by atoms with Crippen LogP contribution in [0.5, 0.6) is 0 Å². The Morgan fingerprint density at radius 3 is 2.12 bits per heavy atom. The van der Waals surface area contributed by atoms with Gasteiger partial charge in [0.1, 0.15) is 13.6 Å². The number of nitrogens with one attached hydrogen (secondary N) is 1. The van der Waals surface area contributed by atoms with Crippen LogP contribution in [0.25, 0.3) is 0 Å². The maximum atomic E-state index is 12.2. The summed E-state index contributed by atoms with van der Waals surface area (Å²) in [5, 5.41) is 4.22. The number of nitrogens with zero attached hydrogens (tertiary/aromatic N) is 3. The molecule has 0 unspecified atom stereocenters. The molecular weight excluding hydrogens is 299 g/mol. The van der Waals surface area contributed by atoms with Crippen LogP contribution in [0.3, 0.4) is 0 Å². The molecule has 2 heterocycles. The van der Waals surface area contributed by atoms with Crippen LogP contribution >= 0.6 is 0 Å². The van der Waals surface area contributed by atoms with E-state index in [0.717, 1.165) is 0 Å². The molecule has 24 heavy (non-hydrogen) atoms. The van der Waals surface area contributed by atoms with Crippen LogP contribution < -0.4 is 10.9 Å². The highest BCUT2D eigenvalue weighted by molar-refractivity contribution is 6.32. The Kier molecular flexibility index (Phi) is 4.77. The van der Waals surface area contributed by atoms with Gasteiger partial charge in [-0.3, -0.25) is 14.8 Å². The van der Waals surface area contributed by atoms with Gasteiger partial charge in [0.05, 0.1) is 11.4 Å². The Morgan fingerprint density at radius 1 is 0.917 bits per heavy atom. The SMILES string of the molecule is [B]c1cccc(C(=O)NN=C(c2ccccn2)c2ccccn2)c1. The molecule has 2 aromatic heterocycles. The lowest BCUT2D eigenvalue weighted by Crippen LogP contribution is -2.22. The molecule has 2 radical (unpaired) electrons. The molecule has 0 saturated heterocycles. The van der Waals surface area contributed by atoms with Gasteiger partial charge in [0, 0.05) is 18.0 Å². The minimum atomic E-state index is -0.355. The lowest BCUT2D eigenvalue weighted by Gasteiger charge is -2.06. The van der Waals surface area contributed by atoms with Gasteiger partial charge in [-0.1, -0.05) is 35.8 Å². The quantitative estimate of drug-likeness (QED) is 0.450.